The third-order valence-corrected chi connectivity index (χ3v) is 9.61. The monoisotopic (exact) mass is 565 g/mol. The van der Waals surface area contributed by atoms with Gasteiger partial charge in [-0.05, 0) is 64.2 Å². The lowest BCUT2D eigenvalue weighted by atomic mass is 9.82. The van der Waals surface area contributed by atoms with Crippen LogP contribution < -0.4 is 4.90 Å². The second kappa shape index (κ2) is 9.29. The number of benzene rings is 6. The molecule has 6 aromatic carbocycles. The van der Waals surface area contributed by atoms with Crippen LogP contribution in [-0.2, 0) is 5.41 Å². The number of hydrogen-bond acceptors (Lipinski definition) is 2. The average molecular weight is 566 g/mol. The fourth-order valence-corrected chi connectivity index (χ4v) is 7.50. The molecule has 44 heavy (non-hydrogen) atoms. The van der Waals surface area contributed by atoms with Crippen LogP contribution in [0, 0.1) is 0 Å². The molecule has 3 nitrogen and oxygen atoms in total. The van der Waals surface area contributed by atoms with Crippen molar-refractivity contribution in [1.82, 2.24) is 4.57 Å². The van der Waals surface area contributed by atoms with E-state index in [0.29, 0.717) is 0 Å². The first-order valence-corrected chi connectivity index (χ1v) is 15.4. The molecule has 0 spiro atoms. The Balaban J connectivity index is 1.20. The van der Waals surface area contributed by atoms with Gasteiger partial charge >= 0.3 is 0 Å². The number of para-hydroxylation sites is 1. The van der Waals surface area contributed by atoms with E-state index in [0.717, 1.165) is 22.8 Å². The quantitative estimate of drug-likeness (QED) is 0.208. The van der Waals surface area contributed by atoms with Gasteiger partial charge in [-0.25, -0.2) is 4.99 Å². The van der Waals surface area contributed by atoms with E-state index in [1.807, 2.05) is 0 Å². The number of hydrogen-bond donors (Lipinski definition) is 0. The Hall–Kier alpha value is -5.41. The maximum Gasteiger partial charge on any atom is 0.154 e. The Morgan fingerprint density at radius 1 is 0.568 bits per heavy atom. The summed E-state index contributed by atoms with van der Waals surface area (Å²) in [5, 5.41) is 2.63. The highest BCUT2D eigenvalue weighted by Crippen LogP contribution is 2.53. The second-order valence-corrected chi connectivity index (χ2v) is 12.4. The van der Waals surface area contributed by atoms with Crippen molar-refractivity contribution in [2.24, 2.45) is 4.99 Å². The molecule has 9 rings (SSSR count). The van der Waals surface area contributed by atoms with E-state index in [4.69, 9.17) is 4.99 Å². The molecule has 1 atom stereocenters. The normalized spacial score (nSPS) is 16.5. The van der Waals surface area contributed by atoms with Crippen LogP contribution in [-0.4, -0.2) is 10.4 Å². The first-order chi connectivity index (χ1) is 21.6. The molecule has 0 saturated heterocycles. The first kappa shape index (κ1) is 25.1. The molecule has 0 bridgehead atoms. The number of amidine groups is 1. The van der Waals surface area contributed by atoms with Crippen LogP contribution in [0.3, 0.4) is 0 Å². The fraction of sp³-hybridized carbons (Fsp3) is 0.0976. The summed E-state index contributed by atoms with van der Waals surface area (Å²) < 4.78 is 2.43. The number of aromatic nitrogens is 1. The van der Waals surface area contributed by atoms with Crippen LogP contribution in [0.4, 0.5) is 5.69 Å². The zero-order valence-electron chi connectivity index (χ0n) is 24.8. The molecule has 3 heteroatoms. The molecule has 2 heterocycles. The Morgan fingerprint density at radius 2 is 1.23 bits per heavy atom. The van der Waals surface area contributed by atoms with Crippen LogP contribution in [0.15, 0.2) is 151 Å². The van der Waals surface area contributed by atoms with Crippen molar-refractivity contribution < 1.29 is 0 Å². The van der Waals surface area contributed by atoms with Crippen molar-refractivity contribution in [3.8, 4) is 16.8 Å². The second-order valence-electron chi connectivity index (χ2n) is 12.4. The summed E-state index contributed by atoms with van der Waals surface area (Å²) in [5.41, 5.74) is 12.6. The van der Waals surface area contributed by atoms with Gasteiger partial charge in [-0.1, -0.05) is 123 Å². The van der Waals surface area contributed by atoms with Gasteiger partial charge in [0.25, 0.3) is 0 Å². The third kappa shape index (κ3) is 3.47. The predicted molar refractivity (Wildman–Crippen MR) is 183 cm³/mol. The van der Waals surface area contributed by atoms with E-state index >= 15 is 0 Å². The molecule has 1 aliphatic carbocycles. The molecular weight excluding hydrogens is 534 g/mol. The molecule has 0 N–H and O–H groups in total. The van der Waals surface area contributed by atoms with E-state index in [9.17, 15) is 0 Å². The number of aliphatic imine (C=N–C) groups is 1. The lowest BCUT2D eigenvalue weighted by Crippen LogP contribution is -2.43. The highest BCUT2D eigenvalue weighted by molar-refractivity contribution is 6.18. The largest absolute Gasteiger partial charge is 0.309 e. The van der Waals surface area contributed by atoms with Gasteiger partial charge in [0, 0.05) is 33.1 Å². The lowest BCUT2D eigenvalue weighted by Gasteiger charge is -2.40. The van der Waals surface area contributed by atoms with Crippen LogP contribution in [0.2, 0.25) is 0 Å². The third-order valence-electron chi connectivity index (χ3n) is 9.61. The Kier molecular flexibility index (Phi) is 5.31. The van der Waals surface area contributed by atoms with Gasteiger partial charge in [0.1, 0.15) is 5.84 Å². The van der Waals surface area contributed by atoms with Crippen molar-refractivity contribution in [3.63, 3.8) is 0 Å². The van der Waals surface area contributed by atoms with Crippen LogP contribution >= 0.6 is 0 Å². The molecule has 1 aliphatic heterocycles. The van der Waals surface area contributed by atoms with Crippen LogP contribution in [0.1, 0.15) is 42.3 Å². The summed E-state index contributed by atoms with van der Waals surface area (Å²) in [6.45, 7) is 4.71. The lowest BCUT2D eigenvalue weighted by molar-refractivity contribution is 0.661. The standard InChI is InChI=1S/C41H31N3/c1-41(2)33-19-11-9-17-31(33)37-34(41)25-26-36-38(37)32-18-10-12-20-35(32)43(36)29-21-23-30(24-22-29)44-39(27-13-5-3-6-14-27)42-40(44)28-15-7-4-8-16-28/h3-26,39H,1-2H3. The summed E-state index contributed by atoms with van der Waals surface area (Å²) >= 11 is 0. The summed E-state index contributed by atoms with van der Waals surface area (Å²) in [6.07, 6.45) is -0.0449. The minimum Gasteiger partial charge on any atom is -0.309 e. The molecule has 0 radical (unpaired) electrons. The van der Waals surface area contributed by atoms with Gasteiger partial charge in [-0.15, -0.1) is 0 Å². The summed E-state index contributed by atoms with van der Waals surface area (Å²) in [6, 6.07) is 52.5. The Labute approximate surface area is 257 Å². The minimum absolute atomic E-state index is 0.0322. The van der Waals surface area contributed by atoms with Crippen molar-refractivity contribution in [2.75, 3.05) is 4.90 Å². The van der Waals surface area contributed by atoms with Gasteiger partial charge in [-0.2, -0.15) is 0 Å². The summed E-state index contributed by atoms with van der Waals surface area (Å²) in [4.78, 5) is 7.43. The predicted octanol–water partition coefficient (Wildman–Crippen LogP) is 10.1. The highest BCUT2D eigenvalue weighted by atomic mass is 15.4. The minimum atomic E-state index is -0.0449. The first-order valence-electron chi connectivity index (χ1n) is 15.4. The maximum atomic E-state index is 5.07. The summed E-state index contributed by atoms with van der Waals surface area (Å²) in [7, 11) is 0. The molecule has 1 unspecified atom stereocenters. The smallest absolute Gasteiger partial charge is 0.154 e. The van der Waals surface area contributed by atoms with Crippen molar-refractivity contribution >= 4 is 33.3 Å². The van der Waals surface area contributed by atoms with Crippen molar-refractivity contribution in [3.05, 3.63) is 168 Å². The molecule has 210 valence electrons. The maximum absolute atomic E-state index is 5.07. The molecule has 0 fully saturated rings. The van der Waals surface area contributed by atoms with Crippen molar-refractivity contribution in [2.45, 2.75) is 25.4 Å². The molecule has 0 saturated carbocycles. The molecule has 7 aromatic rings. The van der Waals surface area contributed by atoms with E-state index in [1.54, 1.807) is 0 Å². The van der Waals surface area contributed by atoms with Crippen LogP contribution in [0.5, 0.6) is 0 Å². The summed E-state index contributed by atoms with van der Waals surface area (Å²) in [5.74, 6) is 1.00. The van der Waals surface area contributed by atoms with E-state index < -0.39 is 0 Å². The van der Waals surface area contributed by atoms with Gasteiger partial charge in [-0.3, -0.25) is 4.90 Å². The zero-order valence-corrected chi connectivity index (χ0v) is 24.8. The van der Waals surface area contributed by atoms with Crippen LogP contribution in [0.25, 0.3) is 38.6 Å². The van der Waals surface area contributed by atoms with E-state index in [2.05, 4.69) is 169 Å². The highest BCUT2D eigenvalue weighted by Gasteiger charge is 2.37. The number of rotatable bonds is 4. The molecule has 0 amide bonds. The average Bonchev–Trinajstić information content (AvgIpc) is 3.51. The zero-order chi connectivity index (χ0) is 29.4. The van der Waals surface area contributed by atoms with Gasteiger partial charge in [0.2, 0.25) is 0 Å². The topological polar surface area (TPSA) is 20.5 Å². The number of anilines is 1. The fourth-order valence-electron chi connectivity index (χ4n) is 7.50. The SMILES string of the molecule is CC1(C)c2ccccc2-c2c1ccc1c2c2ccccc2n1-c1ccc(N2C(c3ccccc3)=NC2c2ccccc2)cc1. The Bertz CT molecular complexity index is 2240. The number of nitrogens with zero attached hydrogens (tertiary/aromatic N) is 3. The molecule has 1 aromatic heterocycles. The van der Waals surface area contributed by atoms with E-state index in [-0.39, 0.29) is 11.6 Å². The van der Waals surface area contributed by atoms with E-state index in [1.165, 1.54) is 49.6 Å². The molecule has 2 aliphatic rings. The number of fused-ring (bicyclic) bond motifs is 7. The van der Waals surface area contributed by atoms with Gasteiger partial charge in [0.05, 0.1) is 11.0 Å². The molecular formula is C41H31N3. The van der Waals surface area contributed by atoms with Crippen molar-refractivity contribution in [1.29, 1.82) is 0 Å². The Morgan fingerprint density at radius 3 is 2.02 bits per heavy atom. The van der Waals surface area contributed by atoms with Gasteiger partial charge < -0.3 is 4.57 Å². The van der Waals surface area contributed by atoms with Gasteiger partial charge in [0.15, 0.2) is 6.17 Å².